The Bertz CT molecular complexity index is 1110. The molecule has 2 N–H and O–H groups in total. The number of anilines is 1. The van der Waals surface area contributed by atoms with Gasteiger partial charge < -0.3 is 20.1 Å². The standard InChI is InChI=1S/C24H26N4O4/c1-31-15-16-3-5-17(6-4-16)24(30)27-12-11-18(14-27)22(29)21-13-26-28(23(21)25)19-7-9-20(32-2)10-8-19/h3-10,13,18H,11-12,14-15,25H2,1-2H3/t18-/m0/s1. The quantitative estimate of drug-likeness (QED) is 0.574. The van der Waals surface area contributed by atoms with Crippen molar-refractivity contribution >= 4 is 17.5 Å². The lowest BCUT2D eigenvalue weighted by molar-refractivity contribution is 0.0780. The van der Waals surface area contributed by atoms with Crippen LogP contribution in [0.2, 0.25) is 0 Å². The van der Waals surface area contributed by atoms with E-state index in [4.69, 9.17) is 15.2 Å². The van der Waals surface area contributed by atoms with Crippen LogP contribution in [0.4, 0.5) is 5.82 Å². The van der Waals surface area contributed by atoms with Gasteiger partial charge in [0.15, 0.2) is 5.78 Å². The lowest BCUT2D eigenvalue weighted by atomic mass is 9.98. The van der Waals surface area contributed by atoms with Crippen LogP contribution in [0.15, 0.2) is 54.7 Å². The van der Waals surface area contributed by atoms with Crippen molar-refractivity contribution in [2.45, 2.75) is 13.0 Å². The van der Waals surface area contributed by atoms with Gasteiger partial charge in [0.25, 0.3) is 5.91 Å². The van der Waals surface area contributed by atoms with Gasteiger partial charge in [-0.05, 0) is 48.4 Å². The highest BCUT2D eigenvalue weighted by Crippen LogP contribution is 2.27. The van der Waals surface area contributed by atoms with Gasteiger partial charge in [-0.3, -0.25) is 9.59 Å². The molecule has 166 valence electrons. The molecule has 1 amide bonds. The van der Waals surface area contributed by atoms with Crippen LogP contribution in [0.1, 0.15) is 32.7 Å². The van der Waals surface area contributed by atoms with E-state index in [1.54, 1.807) is 43.4 Å². The number of amides is 1. The third-order valence-electron chi connectivity index (χ3n) is 5.75. The molecule has 0 saturated carbocycles. The summed E-state index contributed by atoms with van der Waals surface area (Å²) in [6.07, 6.45) is 2.10. The molecule has 0 radical (unpaired) electrons. The summed E-state index contributed by atoms with van der Waals surface area (Å²) in [5.41, 5.74) is 8.98. The molecule has 32 heavy (non-hydrogen) atoms. The molecule has 2 heterocycles. The van der Waals surface area contributed by atoms with Gasteiger partial charge in [0.2, 0.25) is 0 Å². The summed E-state index contributed by atoms with van der Waals surface area (Å²) in [4.78, 5) is 27.7. The number of carbonyl (C=O) groups excluding carboxylic acids is 2. The van der Waals surface area contributed by atoms with Crippen LogP contribution in [0.3, 0.4) is 0 Å². The van der Waals surface area contributed by atoms with Crippen molar-refractivity contribution in [1.82, 2.24) is 14.7 Å². The second-order valence-corrected chi connectivity index (χ2v) is 7.78. The Kier molecular flexibility index (Phi) is 6.23. The van der Waals surface area contributed by atoms with Gasteiger partial charge >= 0.3 is 0 Å². The van der Waals surface area contributed by atoms with Gasteiger partial charge in [-0.1, -0.05) is 12.1 Å². The third-order valence-corrected chi connectivity index (χ3v) is 5.75. The molecule has 1 atom stereocenters. The van der Waals surface area contributed by atoms with Crippen LogP contribution in [0.5, 0.6) is 5.75 Å². The predicted molar refractivity (Wildman–Crippen MR) is 120 cm³/mol. The highest BCUT2D eigenvalue weighted by atomic mass is 16.5. The largest absolute Gasteiger partial charge is 0.497 e. The summed E-state index contributed by atoms with van der Waals surface area (Å²) >= 11 is 0. The highest BCUT2D eigenvalue weighted by Gasteiger charge is 2.33. The average Bonchev–Trinajstić information content (AvgIpc) is 3.46. The second kappa shape index (κ2) is 9.23. The summed E-state index contributed by atoms with van der Waals surface area (Å²) in [7, 11) is 3.23. The monoisotopic (exact) mass is 434 g/mol. The number of carbonyl (C=O) groups is 2. The minimum atomic E-state index is -0.303. The zero-order valence-corrected chi connectivity index (χ0v) is 18.2. The topological polar surface area (TPSA) is 99.7 Å². The molecule has 8 nitrogen and oxygen atoms in total. The maximum absolute atomic E-state index is 13.1. The maximum Gasteiger partial charge on any atom is 0.253 e. The Balaban J connectivity index is 1.44. The number of rotatable bonds is 7. The van der Waals surface area contributed by atoms with Crippen LogP contribution in [-0.4, -0.2) is 53.7 Å². The Morgan fingerprint density at radius 1 is 1.09 bits per heavy atom. The minimum absolute atomic E-state index is 0.0776. The van der Waals surface area contributed by atoms with E-state index in [1.807, 2.05) is 24.3 Å². The van der Waals surface area contributed by atoms with E-state index in [0.717, 1.165) is 17.0 Å². The van der Waals surface area contributed by atoms with Crippen molar-refractivity contribution < 1.29 is 19.1 Å². The minimum Gasteiger partial charge on any atom is -0.497 e. The number of hydrogen-bond acceptors (Lipinski definition) is 6. The molecular formula is C24H26N4O4. The van der Waals surface area contributed by atoms with Crippen molar-refractivity contribution in [3.8, 4) is 11.4 Å². The molecule has 1 aliphatic rings. The van der Waals surface area contributed by atoms with E-state index < -0.39 is 0 Å². The number of aromatic nitrogens is 2. The maximum atomic E-state index is 13.1. The van der Waals surface area contributed by atoms with E-state index in [0.29, 0.717) is 43.1 Å². The fourth-order valence-electron chi connectivity index (χ4n) is 3.95. The van der Waals surface area contributed by atoms with Crippen molar-refractivity contribution in [3.05, 3.63) is 71.4 Å². The van der Waals surface area contributed by atoms with Gasteiger partial charge in [0, 0.05) is 31.7 Å². The first kappa shape index (κ1) is 21.6. The Labute approximate surface area is 186 Å². The molecule has 0 aliphatic carbocycles. The fraction of sp³-hybridized carbons (Fsp3) is 0.292. The SMILES string of the molecule is COCc1ccc(C(=O)N2CC[C@H](C(=O)c3cnn(-c4ccc(OC)cc4)c3N)C2)cc1. The predicted octanol–water partition coefficient (Wildman–Crippen LogP) is 2.95. The molecule has 4 rings (SSSR count). The number of hydrogen-bond donors (Lipinski definition) is 1. The number of nitrogens with zero attached hydrogens (tertiary/aromatic N) is 3. The van der Waals surface area contributed by atoms with Crippen molar-refractivity contribution in [2.75, 3.05) is 33.0 Å². The molecule has 0 unspecified atom stereocenters. The summed E-state index contributed by atoms with van der Waals surface area (Å²) in [5, 5.41) is 4.30. The number of benzene rings is 2. The number of Topliss-reactive ketones (excluding diaryl/α,β-unsaturated/α-hetero) is 1. The molecule has 8 heteroatoms. The molecule has 3 aromatic rings. The summed E-state index contributed by atoms with van der Waals surface area (Å²) < 4.78 is 11.8. The number of ether oxygens (including phenoxy) is 2. The van der Waals surface area contributed by atoms with E-state index in [2.05, 4.69) is 5.10 Å². The van der Waals surface area contributed by atoms with Gasteiger partial charge in [-0.15, -0.1) is 0 Å². The molecule has 0 bridgehead atoms. The zero-order chi connectivity index (χ0) is 22.7. The molecular weight excluding hydrogens is 408 g/mol. The lowest BCUT2D eigenvalue weighted by Crippen LogP contribution is -2.30. The summed E-state index contributed by atoms with van der Waals surface area (Å²) in [6, 6.07) is 14.6. The smallest absolute Gasteiger partial charge is 0.253 e. The van der Waals surface area contributed by atoms with Crippen LogP contribution >= 0.6 is 0 Å². The van der Waals surface area contributed by atoms with E-state index >= 15 is 0 Å². The normalized spacial score (nSPS) is 15.7. The molecule has 1 fully saturated rings. The van der Waals surface area contributed by atoms with Gasteiger partial charge in [-0.2, -0.15) is 5.10 Å². The zero-order valence-electron chi connectivity index (χ0n) is 18.2. The first-order chi connectivity index (χ1) is 15.5. The number of likely N-dealkylation sites (tertiary alicyclic amines) is 1. The highest BCUT2D eigenvalue weighted by molar-refractivity contribution is 6.03. The van der Waals surface area contributed by atoms with Crippen LogP contribution in [-0.2, 0) is 11.3 Å². The Morgan fingerprint density at radius 3 is 2.47 bits per heavy atom. The number of methoxy groups -OCH3 is 2. The van der Waals surface area contributed by atoms with E-state index in [1.165, 1.54) is 10.9 Å². The molecule has 1 saturated heterocycles. The van der Waals surface area contributed by atoms with Crippen molar-refractivity contribution in [2.24, 2.45) is 5.92 Å². The third kappa shape index (κ3) is 4.22. The van der Waals surface area contributed by atoms with Crippen LogP contribution in [0.25, 0.3) is 5.69 Å². The van der Waals surface area contributed by atoms with Crippen LogP contribution in [0, 0.1) is 5.92 Å². The summed E-state index contributed by atoms with van der Waals surface area (Å²) in [6.45, 7) is 1.40. The lowest BCUT2D eigenvalue weighted by Gasteiger charge is -2.16. The van der Waals surface area contributed by atoms with Gasteiger partial charge in [0.05, 0.1) is 31.2 Å². The van der Waals surface area contributed by atoms with E-state index in [-0.39, 0.29) is 17.6 Å². The molecule has 1 aromatic heterocycles. The first-order valence-corrected chi connectivity index (χ1v) is 10.4. The Hall–Kier alpha value is -3.65. The van der Waals surface area contributed by atoms with Gasteiger partial charge in [-0.25, -0.2) is 4.68 Å². The molecule has 1 aliphatic heterocycles. The summed E-state index contributed by atoms with van der Waals surface area (Å²) in [5.74, 6) is 0.542. The fourth-order valence-corrected chi connectivity index (χ4v) is 3.95. The first-order valence-electron chi connectivity index (χ1n) is 10.4. The second-order valence-electron chi connectivity index (χ2n) is 7.78. The van der Waals surface area contributed by atoms with Gasteiger partial charge in [0.1, 0.15) is 11.6 Å². The molecule has 2 aromatic carbocycles. The van der Waals surface area contributed by atoms with Crippen LogP contribution < -0.4 is 10.5 Å². The average molecular weight is 434 g/mol. The number of nitrogen functional groups attached to an aromatic ring is 1. The van der Waals surface area contributed by atoms with Crippen molar-refractivity contribution in [1.29, 1.82) is 0 Å². The number of ketones is 1. The Morgan fingerprint density at radius 2 is 1.81 bits per heavy atom. The number of nitrogens with two attached hydrogens (primary N) is 1. The van der Waals surface area contributed by atoms with Crippen molar-refractivity contribution in [3.63, 3.8) is 0 Å². The molecule has 0 spiro atoms. The van der Waals surface area contributed by atoms with E-state index in [9.17, 15) is 9.59 Å².